The number of hydrogen-bond acceptors (Lipinski definition) is 3. The number of hydrogen-bond donors (Lipinski definition) is 2. The molecule has 2 heterocycles. The fourth-order valence-electron chi connectivity index (χ4n) is 3.70. The lowest BCUT2D eigenvalue weighted by molar-refractivity contribution is -0.137. The van der Waals surface area contributed by atoms with Crippen molar-refractivity contribution in [1.29, 1.82) is 0 Å². The molecule has 1 aliphatic rings. The second kappa shape index (κ2) is 8.05. The second-order valence-corrected chi connectivity index (χ2v) is 7.69. The highest BCUT2D eigenvalue weighted by atomic mass is 19.4. The van der Waals surface area contributed by atoms with E-state index in [1.54, 1.807) is 6.92 Å². The Kier molecular flexibility index (Phi) is 5.43. The molecule has 1 aromatic heterocycles. The number of anilines is 1. The number of fused-ring (bicyclic) bond motifs is 1. The minimum atomic E-state index is -4.43. The Labute approximate surface area is 176 Å². The minimum absolute atomic E-state index is 0.270. The largest absolute Gasteiger partial charge is 0.416 e. The van der Waals surface area contributed by atoms with Crippen molar-refractivity contribution in [2.45, 2.75) is 32.0 Å². The summed E-state index contributed by atoms with van der Waals surface area (Å²) in [6.07, 6.45) is -3.65. The van der Waals surface area contributed by atoms with Gasteiger partial charge in [0.25, 0.3) is 0 Å². The minimum Gasteiger partial charge on any atom is -0.344 e. The summed E-state index contributed by atoms with van der Waals surface area (Å²) in [5.41, 5.74) is 1.32. The van der Waals surface area contributed by atoms with Crippen molar-refractivity contribution in [3.63, 3.8) is 0 Å². The number of H-pyrrole nitrogens is 1. The fourth-order valence-corrected chi connectivity index (χ4v) is 3.70. The first kappa shape index (κ1) is 20.9. The summed E-state index contributed by atoms with van der Waals surface area (Å²) in [6.45, 7) is 2.09. The van der Waals surface area contributed by atoms with Crippen molar-refractivity contribution in [3.8, 4) is 0 Å². The van der Waals surface area contributed by atoms with Gasteiger partial charge in [-0.05, 0) is 42.8 Å². The Hall–Kier alpha value is -3.36. The average molecular weight is 430 g/mol. The quantitative estimate of drug-likeness (QED) is 0.648. The van der Waals surface area contributed by atoms with E-state index in [4.69, 9.17) is 0 Å². The van der Waals surface area contributed by atoms with Crippen LogP contribution in [-0.2, 0) is 22.2 Å². The molecule has 162 valence electrons. The summed E-state index contributed by atoms with van der Waals surface area (Å²) < 4.78 is 38.2. The van der Waals surface area contributed by atoms with Crippen LogP contribution in [0.3, 0.4) is 0 Å². The second-order valence-electron chi connectivity index (χ2n) is 7.69. The lowest BCUT2D eigenvalue weighted by Gasteiger charge is -2.19. The first-order valence-corrected chi connectivity index (χ1v) is 9.95. The zero-order chi connectivity index (χ0) is 22.2. The monoisotopic (exact) mass is 430 g/mol. The van der Waals surface area contributed by atoms with Gasteiger partial charge in [-0.25, -0.2) is 4.98 Å². The van der Waals surface area contributed by atoms with Gasteiger partial charge in [0.05, 0.1) is 16.6 Å². The molecule has 0 aliphatic carbocycles. The van der Waals surface area contributed by atoms with Crippen molar-refractivity contribution in [2.24, 2.45) is 5.92 Å². The van der Waals surface area contributed by atoms with Crippen LogP contribution >= 0.6 is 0 Å². The van der Waals surface area contributed by atoms with Crippen LogP contribution in [0.25, 0.3) is 11.0 Å². The van der Waals surface area contributed by atoms with E-state index in [-0.39, 0.29) is 11.8 Å². The van der Waals surface area contributed by atoms with Gasteiger partial charge in [0.15, 0.2) is 0 Å². The molecule has 4 rings (SSSR count). The molecule has 1 unspecified atom stereocenters. The molecule has 2 aromatic carbocycles. The highest BCUT2D eigenvalue weighted by Gasteiger charge is 2.35. The number of halogens is 3. The molecule has 2 atom stereocenters. The summed E-state index contributed by atoms with van der Waals surface area (Å²) in [7, 11) is 0. The standard InChI is InChI=1S/C22H21F3N4O2/c1-13(12-19-26-16-4-2-3-5-17(16)27-19)20(30)28-18-10-11-29(21(18)31)15-8-6-14(7-9-15)22(23,24)25/h2-9,13,18H,10-12H2,1H3,(H,26,27)(H,28,30)/t13-,18?/m0/s1. The molecule has 0 spiro atoms. The Balaban J connectivity index is 1.37. The number of carbonyl (C=O) groups is 2. The summed E-state index contributed by atoms with van der Waals surface area (Å²) in [4.78, 5) is 34.4. The number of aromatic amines is 1. The van der Waals surface area contributed by atoms with Gasteiger partial charge in [0.1, 0.15) is 11.9 Å². The maximum Gasteiger partial charge on any atom is 0.416 e. The van der Waals surface area contributed by atoms with Crippen LogP contribution in [0.4, 0.5) is 18.9 Å². The van der Waals surface area contributed by atoms with Gasteiger partial charge in [-0.2, -0.15) is 13.2 Å². The van der Waals surface area contributed by atoms with Gasteiger partial charge in [0, 0.05) is 24.6 Å². The van der Waals surface area contributed by atoms with E-state index in [9.17, 15) is 22.8 Å². The van der Waals surface area contributed by atoms with Crippen LogP contribution in [0.15, 0.2) is 48.5 Å². The fraction of sp³-hybridized carbons (Fsp3) is 0.318. The highest BCUT2D eigenvalue weighted by Crippen LogP contribution is 2.31. The van der Waals surface area contributed by atoms with Gasteiger partial charge >= 0.3 is 6.18 Å². The molecule has 9 heteroatoms. The van der Waals surface area contributed by atoms with Crippen molar-refractivity contribution >= 4 is 28.5 Å². The van der Waals surface area contributed by atoms with E-state index < -0.39 is 23.7 Å². The summed E-state index contributed by atoms with van der Waals surface area (Å²) >= 11 is 0. The SMILES string of the molecule is C[C@@H](Cc1nc2ccccc2[nH]1)C(=O)NC1CCN(c2ccc(C(F)(F)F)cc2)C1=O. The first-order valence-electron chi connectivity index (χ1n) is 9.95. The molecule has 0 saturated carbocycles. The maximum absolute atomic E-state index is 12.7. The van der Waals surface area contributed by atoms with Crippen LogP contribution < -0.4 is 10.2 Å². The third-order valence-electron chi connectivity index (χ3n) is 5.41. The average Bonchev–Trinajstić information content (AvgIpc) is 3.30. The third-order valence-corrected chi connectivity index (χ3v) is 5.41. The number of amides is 2. The number of imidazole rings is 1. The zero-order valence-electron chi connectivity index (χ0n) is 16.7. The molecule has 31 heavy (non-hydrogen) atoms. The smallest absolute Gasteiger partial charge is 0.344 e. The van der Waals surface area contributed by atoms with Crippen LogP contribution in [0.1, 0.15) is 24.7 Å². The lowest BCUT2D eigenvalue weighted by atomic mass is 10.1. The molecular formula is C22H21F3N4O2. The maximum atomic E-state index is 12.7. The molecule has 0 radical (unpaired) electrons. The topological polar surface area (TPSA) is 78.1 Å². The van der Waals surface area contributed by atoms with Crippen LogP contribution in [-0.4, -0.2) is 34.4 Å². The normalized spacial score (nSPS) is 17.9. The molecule has 0 bridgehead atoms. The Morgan fingerprint density at radius 3 is 2.61 bits per heavy atom. The number of benzene rings is 2. The van der Waals surface area contributed by atoms with Crippen LogP contribution in [0, 0.1) is 5.92 Å². The third kappa shape index (κ3) is 4.40. The van der Waals surface area contributed by atoms with E-state index >= 15 is 0 Å². The van der Waals surface area contributed by atoms with E-state index in [2.05, 4.69) is 15.3 Å². The van der Waals surface area contributed by atoms with E-state index in [0.717, 1.165) is 23.2 Å². The van der Waals surface area contributed by atoms with Gasteiger partial charge in [-0.15, -0.1) is 0 Å². The number of nitrogens with one attached hydrogen (secondary N) is 2. The summed E-state index contributed by atoms with van der Waals surface area (Å²) in [5.74, 6) is -0.321. The number of nitrogens with zero attached hydrogens (tertiary/aromatic N) is 2. The van der Waals surface area contributed by atoms with Crippen molar-refractivity contribution in [1.82, 2.24) is 15.3 Å². The van der Waals surface area contributed by atoms with Crippen molar-refractivity contribution < 1.29 is 22.8 Å². The molecule has 2 amide bonds. The van der Waals surface area contributed by atoms with Crippen molar-refractivity contribution in [2.75, 3.05) is 11.4 Å². The molecule has 1 aliphatic heterocycles. The van der Waals surface area contributed by atoms with E-state index in [0.29, 0.717) is 30.9 Å². The Bertz CT molecular complexity index is 1070. The van der Waals surface area contributed by atoms with E-state index in [1.807, 2.05) is 24.3 Å². The Morgan fingerprint density at radius 2 is 1.94 bits per heavy atom. The molecule has 2 N–H and O–H groups in total. The molecule has 3 aromatic rings. The number of rotatable bonds is 5. The number of aromatic nitrogens is 2. The predicted molar refractivity (Wildman–Crippen MR) is 109 cm³/mol. The summed E-state index contributed by atoms with van der Waals surface area (Å²) in [6, 6.07) is 11.3. The molecule has 1 saturated heterocycles. The number of para-hydroxylation sites is 2. The van der Waals surface area contributed by atoms with E-state index in [1.165, 1.54) is 17.0 Å². The summed E-state index contributed by atoms with van der Waals surface area (Å²) in [5, 5.41) is 2.77. The number of carbonyl (C=O) groups excluding carboxylic acids is 2. The van der Waals surface area contributed by atoms with Crippen LogP contribution in [0.2, 0.25) is 0 Å². The Morgan fingerprint density at radius 1 is 1.23 bits per heavy atom. The molecule has 6 nitrogen and oxygen atoms in total. The lowest BCUT2D eigenvalue weighted by Crippen LogP contribution is -2.44. The van der Waals surface area contributed by atoms with Gasteiger partial charge in [-0.1, -0.05) is 19.1 Å². The predicted octanol–water partition coefficient (Wildman–Crippen LogP) is 3.68. The van der Waals surface area contributed by atoms with Crippen molar-refractivity contribution in [3.05, 3.63) is 59.9 Å². The molecule has 1 fully saturated rings. The number of alkyl halides is 3. The first-order chi connectivity index (χ1) is 14.7. The van der Waals surface area contributed by atoms with Crippen LogP contribution in [0.5, 0.6) is 0 Å². The van der Waals surface area contributed by atoms with Gasteiger partial charge in [0.2, 0.25) is 11.8 Å². The molecular weight excluding hydrogens is 409 g/mol. The highest BCUT2D eigenvalue weighted by molar-refractivity contribution is 6.01. The van der Waals surface area contributed by atoms with Gasteiger partial charge in [-0.3, -0.25) is 9.59 Å². The van der Waals surface area contributed by atoms with Gasteiger partial charge < -0.3 is 15.2 Å². The zero-order valence-corrected chi connectivity index (χ0v) is 16.7.